The molecule has 0 radical (unpaired) electrons. The SMILES string of the molecule is O=C1CCCN1CCCC(=O)N1CCCN(C(=O)CCC(F)(F)F)CC1. The first-order chi connectivity index (χ1) is 12.3. The summed E-state index contributed by atoms with van der Waals surface area (Å²) in [4.78, 5) is 40.6. The van der Waals surface area contributed by atoms with E-state index in [0.29, 0.717) is 51.9 Å². The Morgan fingerprint density at radius 2 is 1.50 bits per heavy atom. The van der Waals surface area contributed by atoms with E-state index in [1.807, 2.05) is 0 Å². The molecule has 2 rings (SSSR count). The van der Waals surface area contributed by atoms with E-state index in [1.165, 1.54) is 4.90 Å². The van der Waals surface area contributed by atoms with Gasteiger partial charge in [-0.3, -0.25) is 14.4 Å². The highest BCUT2D eigenvalue weighted by molar-refractivity contribution is 5.79. The second-order valence-electron chi connectivity index (χ2n) is 6.82. The number of halogens is 3. The van der Waals surface area contributed by atoms with Crippen molar-refractivity contribution in [2.24, 2.45) is 0 Å². The molecule has 2 saturated heterocycles. The molecule has 2 aliphatic heterocycles. The van der Waals surface area contributed by atoms with Gasteiger partial charge in [0.2, 0.25) is 17.7 Å². The zero-order valence-corrected chi connectivity index (χ0v) is 14.9. The lowest BCUT2D eigenvalue weighted by molar-refractivity contribution is -0.149. The third-order valence-corrected chi connectivity index (χ3v) is 4.81. The second kappa shape index (κ2) is 9.23. The van der Waals surface area contributed by atoms with Gasteiger partial charge in [0.25, 0.3) is 0 Å². The molecule has 0 N–H and O–H groups in total. The van der Waals surface area contributed by atoms with Crippen molar-refractivity contribution in [3.63, 3.8) is 0 Å². The van der Waals surface area contributed by atoms with Crippen molar-refractivity contribution in [1.29, 1.82) is 0 Å². The summed E-state index contributed by atoms with van der Waals surface area (Å²) in [6, 6.07) is 0. The Balaban J connectivity index is 1.70. The average molecular weight is 377 g/mol. The molecule has 0 aromatic carbocycles. The maximum absolute atomic E-state index is 12.3. The number of hydrogen-bond acceptors (Lipinski definition) is 3. The minimum Gasteiger partial charge on any atom is -0.343 e. The van der Waals surface area contributed by atoms with E-state index in [9.17, 15) is 27.6 Å². The highest BCUT2D eigenvalue weighted by Crippen LogP contribution is 2.22. The third kappa shape index (κ3) is 6.49. The molecule has 26 heavy (non-hydrogen) atoms. The minimum absolute atomic E-state index is 0.0266. The molecular formula is C17H26F3N3O3. The Morgan fingerprint density at radius 1 is 0.885 bits per heavy atom. The molecule has 0 unspecified atom stereocenters. The van der Waals surface area contributed by atoms with Crippen LogP contribution in [-0.2, 0) is 14.4 Å². The first-order valence-corrected chi connectivity index (χ1v) is 9.16. The van der Waals surface area contributed by atoms with Crippen molar-refractivity contribution in [3.8, 4) is 0 Å². The van der Waals surface area contributed by atoms with Crippen LogP contribution in [0.5, 0.6) is 0 Å². The predicted octanol–water partition coefficient (Wildman–Crippen LogP) is 1.79. The smallest absolute Gasteiger partial charge is 0.343 e. The maximum atomic E-state index is 12.3. The summed E-state index contributed by atoms with van der Waals surface area (Å²) in [6.07, 6.45) is -3.02. The van der Waals surface area contributed by atoms with Gasteiger partial charge >= 0.3 is 6.18 Å². The summed E-state index contributed by atoms with van der Waals surface area (Å²) >= 11 is 0. The predicted molar refractivity (Wildman–Crippen MR) is 88.1 cm³/mol. The molecule has 0 spiro atoms. The van der Waals surface area contributed by atoms with Gasteiger partial charge < -0.3 is 14.7 Å². The van der Waals surface area contributed by atoms with Crippen LogP contribution in [0.25, 0.3) is 0 Å². The highest BCUT2D eigenvalue weighted by Gasteiger charge is 2.30. The first-order valence-electron chi connectivity index (χ1n) is 9.16. The summed E-state index contributed by atoms with van der Waals surface area (Å²) in [5.74, 6) is -0.398. The highest BCUT2D eigenvalue weighted by atomic mass is 19.4. The molecule has 0 aromatic heterocycles. The molecule has 0 aliphatic carbocycles. The topological polar surface area (TPSA) is 60.9 Å². The van der Waals surface area contributed by atoms with Crippen molar-refractivity contribution in [1.82, 2.24) is 14.7 Å². The number of likely N-dealkylation sites (tertiary alicyclic amines) is 1. The lowest BCUT2D eigenvalue weighted by atomic mass is 10.2. The fourth-order valence-electron chi connectivity index (χ4n) is 3.34. The summed E-state index contributed by atoms with van der Waals surface area (Å²) < 4.78 is 36.7. The number of alkyl halides is 3. The maximum Gasteiger partial charge on any atom is 0.389 e. The Kier molecular flexibility index (Phi) is 7.28. The van der Waals surface area contributed by atoms with Crippen LogP contribution in [0.15, 0.2) is 0 Å². The van der Waals surface area contributed by atoms with Gasteiger partial charge in [-0.1, -0.05) is 0 Å². The van der Waals surface area contributed by atoms with Crippen molar-refractivity contribution in [2.75, 3.05) is 39.3 Å². The Morgan fingerprint density at radius 3 is 2.04 bits per heavy atom. The van der Waals surface area contributed by atoms with Crippen molar-refractivity contribution in [3.05, 3.63) is 0 Å². The largest absolute Gasteiger partial charge is 0.389 e. The van der Waals surface area contributed by atoms with Gasteiger partial charge in [-0.05, 0) is 19.3 Å². The van der Waals surface area contributed by atoms with Crippen LogP contribution in [-0.4, -0.2) is 77.9 Å². The van der Waals surface area contributed by atoms with E-state index in [0.717, 1.165) is 13.0 Å². The Hall–Kier alpha value is -1.80. The average Bonchev–Trinajstić information content (AvgIpc) is 2.84. The molecule has 0 bridgehead atoms. The molecule has 2 fully saturated rings. The molecule has 2 aliphatic rings. The van der Waals surface area contributed by atoms with Crippen molar-refractivity contribution in [2.45, 2.75) is 51.1 Å². The van der Waals surface area contributed by atoms with Crippen LogP contribution in [0.3, 0.4) is 0 Å². The number of carbonyl (C=O) groups is 3. The minimum atomic E-state index is -4.33. The zero-order chi connectivity index (χ0) is 19.2. The number of amides is 3. The van der Waals surface area contributed by atoms with E-state index in [2.05, 4.69) is 0 Å². The standard InChI is InChI=1S/C17H26F3N3O3/c18-17(19,20)7-6-16(26)23-11-3-10-22(12-13-23)15(25)5-2-9-21-8-1-4-14(21)24/h1-13H2. The van der Waals surface area contributed by atoms with Crippen LogP contribution in [0.4, 0.5) is 13.2 Å². The number of carbonyl (C=O) groups excluding carboxylic acids is 3. The lowest BCUT2D eigenvalue weighted by Crippen LogP contribution is -2.37. The van der Waals surface area contributed by atoms with E-state index in [4.69, 9.17) is 0 Å². The molecule has 6 nitrogen and oxygen atoms in total. The fraction of sp³-hybridized carbons (Fsp3) is 0.824. The summed E-state index contributed by atoms with van der Waals surface area (Å²) in [5, 5.41) is 0. The fourth-order valence-corrected chi connectivity index (χ4v) is 3.34. The summed E-state index contributed by atoms with van der Waals surface area (Å²) in [7, 11) is 0. The molecule has 0 aromatic rings. The van der Waals surface area contributed by atoms with Crippen molar-refractivity contribution < 1.29 is 27.6 Å². The van der Waals surface area contributed by atoms with Crippen molar-refractivity contribution >= 4 is 17.7 Å². The number of hydrogen-bond donors (Lipinski definition) is 0. The molecular weight excluding hydrogens is 351 g/mol. The molecule has 9 heteroatoms. The van der Waals surface area contributed by atoms with Crippen LogP contribution >= 0.6 is 0 Å². The van der Waals surface area contributed by atoms with E-state index in [1.54, 1.807) is 9.80 Å². The Bertz CT molecular complexity index is 525. The Labute approximate surface area is 151 Å². The van der Waals surface area contributed by atoms with Crippen LogP contribution < -0.4 is 0 Å². The second-order valence-corrected chi connectivity index (χ2v) is 6.82. The van der Waals surface area contributed by atoms with Crippen LogP contribution in [0, 0.1) is 0 Å². The monoisotopic (exact) mass is 377 g/mol. The summed E-state index contributed by atoms with van der Waals surface area (Å²) in [5.41, 5.74) is 0. The molecule has 0 atom stereocenters. The van der Waals surface area contributed by atoms with Gasteiger partial charge in [0.1, 0.15) is 0 Å². The summed E-state index contributed by atoms with van der Waals surface area (Å²) in [6.45, 7) is 2.84. The van der Waals surface area contributed by atoms with Gasteiger partial charge in [-0.25, -0.2) is 0 Å². The van der Waals surface area contributed by atoms with Gasteiger partial charge in [0.05, 0.1) is 6.42 Å². The quantitative estimate of drug-likeness (QED) is 0.709. The number of nitrogens with zero attached hydrogens (tertiary/aromatic N) is 3. The van der Waals surface area contributed by atoms with E-state index in [-0.39, 0.29) is 18.4 Å². The van der Waals surface area contributed by atoms with Crippen LogP contribution in [0.2, 0.25) is 0 Å². The molecule has 3 amide bonds. The lowest BCUT2D eigenvalue weighted by Gasteiger charge is -2.23. The molecule has 148 valence electrons. The normalized spacial score (nSPS) is 19.0. The zero-order valence-electron chi connectivity index (χ0n) is 14.9. The van der Waals surface area contributed by atoms with E-state index >= 15 is 0 Å². The first kappa shape index (κ1) is 20.5. The van der Waals surface area contributed by atoms with Gasteiger partial charge in [-0.2, -0.15) is 13.2 Å². The number of rotatable bonds is 6. The van der Waals surface area contributed by atoms with Gasteiger partial charge in [0.15, 0.2) is 0 Å². The van der Waals surface area contributed by atoms with Gasteiger partial charge in [-0.15, -0.1) is 0 Å². The van der Waals surface area contributed by atoms with Gasteiger partial charge in [0, 0.05) is 58.5 Å². The van der Waals surface area contributed by atoms with E-state index < -0.39 is 24.9 Å². The third-order valence-electron chi connectivity index (χ3n) is 4.81. The molecule has 2 heterocycles. The van der Waals surface area contributed by atoms with Crippen LogP contribution in [0.1, 0.15) is 44.9 Å². The molecule has 0 saturated carbocycles.